The average Bonchev–Trinajstić information content (AvgIpc) is 2.13. The highest BCUT2D eigenvalue weighted by molar-refractivity contribution is 5.08. The van der Waals surface area contributed by atoms with Gasteiger partial charge in [0.05, 0.1) is 6.10 Å². The first-order valence-electron chi connectivity index (χ1n) is 3.32. The third kappa shape index (κ3) is 1.25. The van der Waals surface area contributed by atoms with Crippen LogP contribution in [0.1, 0.15) is 26.7 Å². The topological polar surface area (TPSA) is 9.23 Å². The van der Waals surface area contributed by atoms with E-state index in [9.17, 15) is 0 Å². The molecule has 2 unspecified atom stereocenters. The van der Waals surface area contributed by atoms with Gasteiger partial charge in [0, 0.05) is 0 Å². The Morgan fingerprint density at radius 3 is 2.67 bits per heavy atom. The number of rotatable bonds is 0. The van der Waals surface area contributed by atoms with Crippen LogP contribution in [0.15, 0.2) is 0 Å². The highest BCUT2D eigenvalue weighted by Crippen LogP contribution is 2.28. The first-order valence-corrected chi connectivity index (χ1v) is 3.32. The fourth-order valence-electron chi connectivity index (χ4n) is 1.15. The minimum Gasteiger partial charge on any atom is -0.360 e. The lowest BCUT2D eigenvalue weighted by Crippen LogP contribution is -2.21. The van der Waals surface area contributed by atoms with E-state index in [0.717, 1.165) is 12.8 Å². The lowest BCUT2D eigenvalue weighted by Gasteiger charge is -2.15. The van der Waals surface area contributed by atoms with Crippen LogP contribution in [0.3, 0.4) is 0 Å². The summed E-state index contributed by atoms with van der Waals surface area (Å²) in [4.78, 5) is 0. The molecule has 0 spiro atoms. The van der Waals surface area contributed by atoms with E-state index in [1.54, 1.807) is 0 Å². The summed E-state index contributed by atoms with van der Waals surface area (Å²) < 4.78 is 5.46. The number of hydrogen-bond donors (Lipinski definition) is 0. The van der Waals surface area contributed by atoms with E-state index >= 15 is 0 Å². The number of hydrogen-bond acceptors (Lipinski definition) is 1. The highest BCUT2D eigenvalue weighted by atomic mass is 16.5. The summed E-state index contributed by atoms with van der Waals surface area (Å²) in [5.74, 6) is 2.65. The fourth-order valence-corrected chi connectivity index (χ4v) is 1.15. The molecule has 1 aliphatic rings. The van der Waals surface area contributed by atoms with Gasteiger partial charge in [-0.15, -0.1) is 6.42 Å². The van der Waals surface area contributed by atoms with Crippen molar-refractivity contribution in [1.82, 2.24) is 0 Å². The van der Waals surface area contributed by atoms with Crippen LogP contribution in [-0.4, -0.2) is 11.7 Å². The van der Waals surface area contributed by atoms with Crippen molar-refractivity contribution in [2.45, 2.75) is 38.4 Å². The van der Waals surface area contributed by atoms with Crippen LogP contribution in [-0.2, 0) is 4.74 Å². The van der Waals surface area contributed by atoms with E-state index in [-0.39, 0.29) is 5.60 Å². The molecule has 0 saturated carbocycles. The van der Waals surface area contributed by atoms with Crippen molar-refractivity contribution in [1.29, 1.82) is 0 Å². The van der Waals surface area contributed by atoms with Crippen molar-refractivity contribution in [2.75, 3.05) is 0 Å². The molecule has 1 nitrogen and oxygen atoms in total. The molecule has 50 valence electrons. The van der Waals surface area contributed by atoms with Gasteiger partial charge in [-0.05, 0) is 26.7 Å². The van der Waals surface area contributed by atoms with E-state index in [0.29, 0.717) is 6.10 Å². The SMILES string of the molecule is C#CC1(C)CCC(C)O1. The maximum absolute atomic E-state index is 5.46. The summed E-state index contributed by atoms with van der Waals surface area (Å²) in [6.07, 6.45) is 7.71. The summed E-state index contributed by atoms with van der Waals surface area (Å²) >= 11 is 0. The van der Waals surface area contributed by atoms with E-state index in [1.807, 2.05) is 6.92 Å². The predicted octanol–water partition coefficient (Wildman–Crippen LogP) is 1.58. The Labute approximate surface area is 56.4 Å². The molecule has 1 aliphatic heterocycles. The molecule has 0 radical (unpaired) electrons. The van der Waals surface area contributed by atoms with Crippen LogP contribution in [0.5, 0.6) is 0 Å². The van der Waals surface area contributed by atoms with Crippen molar-refractivity contribution in [3.05, 3.63) is 0 Å². The standard InChI is InChI=1S/C8H12O/c1-4-8(3)6-5-7(2)9-8/h1,7H,5-6H2,2-3H3. The Bertz CT molecular complexity index is 145. The van der Waals surface area contributed by atoms with E-state index in [1.165, 1.54) is 0 Å². The third-order valence-corrected chi connectivity index (χ3v) is 1.79. The van der Waals surface area contributed by atoms with Gasteiger partial charge in [0.15, 0.2) is 0 Å². The molecule has 1 rings (SSSR count). The second kappa shape index (κ2) is 2.04. The molecule has 0 aromatic heterocycles. The Morgan fingerprint density at radius 1 is 1.78 bits per heavy atom. The maximum Gasteiger partial charge on any atom is 0.126 e. The van der Waals surface area contributed by atoms with E-state index < -0.39 is 0 Å². The molecule has 0 N–H and O–H groups in total. The van der Waals surface area contributed by atoms with Gasteiger partial charge >= 0.3 is 0 Å². The normalized spacial score (nSPS) is 42.6. The molecule has 2 atom stereocenters. The van der Waals surface area contributed by atoms with Gasteiger partial charge in [0.1, 0.15) is 5.60 Å². The second-order valence-corrected chi connectivity index (χ2v) is 2.84. The molecule has 0 aromatic rings. The zero-order chi connectivity index (χ0) is 6.91. The van der Waals surface area contributed by atoms with Gasteiger partial charge in [0.2, 0.25) is 0 Å². The Balaban J connectivity index is 2.58. The van der Waals surface area contributed by atoms with Gasteiger partial charge in [-0.1, -0.05) is 5.92 Å². The summed E-state index contributed by atoms with van der Waals surface area (Å²) in [5.41, 5.74) is -0.264. The van der Waals surface area contributed by atoms with Crippen molar-refractivity contribution in [3.8, 4) is 12.3 Å². The second-order valence-electron chi connectivity index (χ2n) is 2.84. The predicted molar refractivity (Wildman–Crippen MR) is 37.0 cm³/mol. The van der Waals surface area contributed by atoms with Gasteiger partial charge in [0.25, 0.3) is 0 Å². The zero-order valence-corrected chi connectivity index (χ0v) is 5.98. The quantitative estimate of drug-likeness (QED) is 0.445. The van der Waals surface area contributed by atoms with Crippen LogP contribution >= 0.6 is 0 Å². The molecular formula is C8H12O. The van der Waals surface area contributed by atoms with Gasteiger partial charge in [-0.2, -0.15) is 0 Å². The summed E-state index contributed by atoms with van der Waals surface area (Å²) in [5, 5.41) is 0. The van der Waals surface area contributed by atoms with Crippen LogP contribution in [0.4, 0.5) is 0 Å². The van der Waals surface area contributed by atoms with Crippen LogP contribution in [0.25, 0.3) is 0 Å². The van der Waals surface area contributed by atoms with E-state index in [2.05, 4.69) is 12.8 Å². The molecule has 1 heteroatoms. The molecule has 1 saturated heterocycles. The smallest absolute Gasteiger partial charge is 0.126 e. The molecule has 0 aliphatic carbocycles. The van der Waals surface area contributed by atoms with Crippen LogP contribution in [0, 0.1) is 12.3 Å². The lowest BCUT2D eigenvalue weighted by atomic mass is 10.0. The Kier molecular flexibility index (Phi) is 1.50. The van der Waals surface area contributed by atoms with Crippen LogP contribution in [0.2, 0.25) is 0 Å². The first-order chi connectivity index (χ1) is 4.16. The van der Waals surface area contributed by atoms with Crippen molar-refractivity contribution in [2.24, 2.45) is 0 Å². The van der Waals surface area contributed by atoms with Gasteiger partial charge in [-0.3, -0.25) is 0 Å². The molecule has 1 heterocycles. The molecular weight excluding hydrogens is 112 g/mol. The summed E-state index contributed by atoms with van der Waals surface area (Å²) in [7, 11) is 0. The van der Waals surface area contributed by atoms with Gasteiger partial charge in [-0.25, -0.2) is 0 Å². The molecule has 0 amide bonds. The number of terminal acetylenes is 1. The van der Waals surface area contributed by atoms with Gasteiger partial charge < -0.3 is 4.74 Å². The molecule has 1 fully saturated rings. The fraction of sp³-hybridized carbons (Fsp3) is 0.750. The first kappa shape index (κ1) is 6.64. The van der Waals surface area contributed by atoms with Crippen molar-refractivity contribution >= 4 is 0 Å². The molecule has 0 aromatic carbocycles. The van der Waals surface area contributed by atoms with Crippen LogP contribution < -0.4 is 0 Å². The Hall–Kier alpha value is -0.480. The molecule has 9 heavy (non-hydrogen) atoms. The number of ether oxygens (including phenoxy) is 1. The highest BCUT2D eigenvalue weighted by Gasteiger charge is 2.31. The zero-order valence-electron chi connectivity index (χ0n) is 5.98. The lowest BCUT2D eigenvalue weighted by molar-refractivity contribution is 0.0209. The molecule has 0 bridgehead atoms. The Morgan fingerprint density at radius 2 is 2.44 bits per heavy atom. The monoisotopic (exact) mass is 124 g/mol. The minimum absolute atomic E-state index is 0.264. The maximum atomic E-state index is 5.46. The summed E-state index contributed by atoms with van der Waals surface area (Å²) in [6.45, 7) is 4.03. The van der Waals surface area contributed by atoms with Crippen molar-refractivity contribution in [3.63, 3.8) is 0 Å². The average molecular weight is 124 g/mol. The van der Waals surface area contributed by atoms with Crippen molar-refractivity contribution < 1.29 is 4.74 Å². The minimum atomic E-state index is -0.264. The third-order valence-electron chi connectivity index (χ3n) is 1.79. The summed E-state index contributed by atoms with van der Waals surface area (Å²) in [6, 6.07) is 0. The van der Waals surface area contributed by atoms with E-state index in [4.69, 9.17) is 11.2 Å². The largest absolute Gasteiger partial charge is 0.360 e.